The summed E-state index contributed by atoms with van der Waals surface area (Å²) in [5.74, 6) is 0. The summed E-state index contributed by atoms with van der Waals surface area (Å²) in [4.78, 5) is 2.45. The van der Waals surface area contributed by atoms with Gasteiger partial charge in [0.2, 0.25) is 0 Å². The van der Waals surface area contributed by atoms with Crippen molar-refractivity contribution in [2.24, 2.45) is 0 Å². The quantitative estimate of drug-likeness (QED) is 0.177. The Morgan fingerprint density at radius 1 is 0.343 bits per heavy atom. The number of hydrogen-bond acceptors (Lipinski definition) is 3. The van der Waals surface area contributed by atoms with Crippen molar-refractivity contribution >= 4 is 60.9 Å². The molecule has 0 aliphatic heterocycles. The molecule has 0 saturated heterocycles. The third-order valence-corrected chi connectivity index (χ3v) is 15.5. The van der Waals surface area contributed by atoms with E-state index in [1.807, 2.05) is 0 Å². The highest BCUT2D eigenvalue weighted by Gasteiger charge is 2.51. The lowest BCUT2D eigenvalue weighted by atomic mass is 9.65. The molecule has 0 radical (unpaired) electrons. The van der Waals surface area contributed by atoms with Crippen molar-refractivity contribution in [2.75, 3.05) is 4.90 Å². The molecular formula is C64H41NO2. The molecule has 0 amide bonds. The monoisotopic (exact) mass is 855 g/mol. The minimum atomic E-state index is -0.710. The van der Waals surface area contributed by atoms with Gasteiger partial charge in [0, 0.05) is 38.3 Å². The van der Waals surface area contributed by atoms with E-state index in [-0.39, 0.29) is 5.41 Å². The Hall–Kier alpha value is -8.40. The molecule has 314 valence electrons. The summed E-state index contributed by atoms with van der Waals surface area (Å²) in [5.41, 5.74) is 23.4. The lowest BCUT2D eigenvalue weighted by Crippen LogP contribution is -2.29. The molecule has 15 rings (SSSR count). The second kappa shape index (κ2) is 13.1. The van der Waals surface area contributed by atoms with Crippen molar-refractivity contribution < 1.29 is 8.83 Å². The predicted octanol–water partition coefficient (Wildman–Crippen LogP) is 17.3. The van der Waals surface area contributed by atoms with Gasteiger partial charge < -0.3 is 13.7 Å². The van der Waals surface area contributed by atoms with Crippen molar-refractivity contribution in [3.63, 3.8) is 0 Å². The van der Waals surface area contributed by atoms with Gasteiger partial charge in [0.1, 0.15) is 16.7 Å². The SMILES string of the molecule is CC1(C)c2ccccc2-c2ccc(N(c3ccc4c(c3)C3(c5ccccc5-c5ccccc5-4)c4ccccc4-c4c3ccc3oc5ccccc5c43)c3cccc4c3oc3ccccc34)cc21. The first-order valence-corrected chi connectivity index (χ1v) is 23.3. The molecule has 10 aromatic carbocycles. The van der Waals surface area contributed by atoms with E-state index in [1.165, 1.54) is 77.9 Å². The van der Waals surface area contributed by atoms with E-state index in [9.17, 15) is 0 Å². The molecule has 3 nitrogen and oxygen atoms in total. The van der Waals surface area contributed by atoms with Gasteiger partial charge >= 0.3 is 0 Å². The van der Waals surface area contributed by atoms with Gasteiger partial charge in [0.15, 0.2) is 5.58 Å². The molecule has 0 N–H and O–H groups in total. The fourth-order valence-corrected chi connectivity index (χ4v) is 12.7. The Morgan fingerprint density at radius 2 is 0.866 bits per heavy atom. The van der Waals surface area contributed by atoms with E-state index in [2.05, 4.69) is 231 Å². The number of fused-ring (bicyclic) bond motifs is 22. The van der Waals surface area contributed by atoms with Gasteiger partial charge in [-0.25, -0.2) is 0 Å². The first-order chi connectivity index (χ1) is 33.0. The molecule has 0 fully saturated rings. The Labute approximate surface area is 387 Å². The van der Waals surface area contributed by atoms with Gasteiger partial charge in [0.25, 0.3) is 0 Å². The maximum Gasteiger partial charge on any atom is 0.159 e. The van der Waals surface area contributed by atoms with Crippen molar-refractivity contribution in [3.05, 3.63) is 246 Å². The summed E-state index contributed by atoms with van der Waals surface area (Å²) in [7, 11) is 0. The lowest BCUT2D eigenvalue weighted by molar-refractivity contribution is 0.660. The Morgan fingerprint density at radius 3 is 1.60 bits per heavy atom. The number of para-hydroxylation sites is 3. The first kappa shape index (κ1) is 36.9. The fourth-order valence-electron chi connectivity index (χ4n) is 12.7. The van der Waals surface area contributed by atoms with E-state index in [1.54, 1.807) is 0 Å². The average Bonchev–Trinajstić information content (AvgIpc) is 4.08. The number of rotatable bonds is 3. The number of anilines is 3. The lowest BCUT2D eigenvalue weighted by Gasteiger charge is -2.36. The summed E-state index contributed by atoms with van der Waals surface area (Å²) in [6.45, 7) is 4.73. The van der Waals surface area contributed by atoms with Crippen LogP contribution in [0.5, 0.6) is 0 Å². The zero-order chi connectivity index (χ0) is 44.2. The van der Waals surface area contributed by atoms with Gasteiger partial charge in [-0.3, -0.25) is 0 Å². The second-order valence-corrected chi connectivity index (χ2v) is 19.1. The van der Waals surface area contributed by atoms with Crippen LogP contribution in [0.25, 0.3) is 88.4 Å². The summed E-state index contributed by atoms with van der Waals surface area (Å²) < 4.78 is 13.6. The van der Waals surface area contributed by atoms with Crippen LogP contribution in [0.15, 0.2) is 221 Å². The second-order valence-electron chi connectivity index (χ2n) is 19.1. The molecule has 2 heterocycles. The van der Waals surface area contributed by atoms with Crippen LogP contribution < -0.4 is 4.90 Å². The molecule has 3 heteroatoms. The topological polar surface area (TPSA) is 29.5 Å². The smallest absolute Gasteiger partial charge is 0.159 e. The Kier molecular flexibility index (Phi) is 7.22. The zero-order valence-electron chi connectivity index (χ0n) is 37.0. The summed E-state index contributed by atoms with van der Waals surface area (Å²) in [5, 5.41) is 4.49. The molecule has 1 atom stereocenters. The molecule has 2 aromatic heterocycles. The third-order valence-electron chi connectivity index (χ3n) is 15.5. The van der Waals surface area contributed by atoms with E-state index in [0.29, 0.717) is 0 Å². The Bertz CT molecular complexity index is 4110. The van der Waals surface area contributed by atoms with Gasteiger partial charge in [-0.2, -0.15) is 0 Å². The third kappa shape index (κ3) is 4.70. The molecule has 1 spiro atoms. The van der Waals surface area contributed by atoms with Crippen LogP contribution in [0.3, 0.4) is 0 Å². The van der Waals surface area contributed by atoms with Crippen LogP contribution in [-0.4, -0.2) is 0 Å². The van der Waals surface area contributed by atoms with Crippen molar-refractivity contribution in [1.82, 2.24) is 0 Å². The van der Waals surface area contributed by atoms with Crippen LogP contribution in [0, 0.1) is 0 Å². The molecule has 3 aliphatic carbocycles. The van der Waals surface area contributed by atoms with Crippen LogP contribution in [0.4, 0.5) is 17.1 Å². The minimum Gasteiger partial charge on any atom is -0.456 e. The van der Waals surface area contributed by atoms with Crippen LogP contribution in [0.1, 0.15) is 47.2 Å². The maximum atomic E-state index is 6.92. The highest BCUT2D eigenvalue weighted by Crippen LogP contribution is 2.64. The van der Waals surface area contributed by atoms with Crippen LogP contribution >= 0.6 is 0 Å². The highest BCUT2D eigenvalue weighted by atomic mass is 16.3. The fraction of sp³-hybridized carbons (Fsp3) is 0.0625. The number of nitrogens with zero attached hydrogens (tertiary/aromatic N) is 1. The molecule has 12 aromatic rings. The largest absolute Gasteiger partial charge is 0.456 e. The minimum absolute atomic E-state index is 0.190. The molecule has 0 saturated carbocycles. The molecule has 67 heavy (non-hydrogen) atoms. The van der Waals surface area contributed by atoms with Crippen LogP contribution in [0.2, 0.25) is 0 Å². The van der Waals surface area contributed by atoms with Gasteiger partial charge in [-0.15, -0.1) is 0 Å². The number of furan rings is 2. The van der Waals surface area contributed by atoms with E-state index >= 15 is 0 Å². The molecule has 0 bridgehead atoms. The molecular weight excluding hydrogens is 815 g/mol. The van der Waals surface area contributed by atoms with Gasteiger partial charge in [-0.05, 0) is 126 Å². The summed E-state index contributed by atoms with van der Waals surface area (Å²) in [6, 6.07) is 78.5. The summed E-state index contributed by atoms with van der Waals surface area (Å²) in [6.07, 6.45) is 0. The van der Waals surface area contributed by atoms with Crippen molar-refractivity contribution in [3.8, 4) is 44.5 Å². The predicted molar refractivity (Wildman–Crippen MR) is 275 cm³/mol. The normalized spacial score (nSPS) is 15.8. The standard InChI is InChI=1S/C64H41NO2/c1-63(2)50-24-10-5-19-43(50)45-33-31-38(36-54(45)63)65(56-27-15-23-47-46-20-8-13-28-57(46)67-62(47)56)39-30-32-44-41-17-4-3-16-40(41)42-18-6-11-25-51(42)64(55(44)37-39)52-26-12-7-21-48(52)60-53(64)34-35-59-61(60)49-22-9-14-29-58(49)66-59/h3-37H,1-2H3. The number of hydrogen-bond donors (Lipinski definition) is 0. The molecule has 1 unspecified atom stereocenters. The van der Waals surface area contributed by atoms with Crippen LogP contribution in [-0.2, 0) is 10.8 Å². The number of benzene rings is 10. The summed E-state index contributed by atoms with van der Waals surface area (Å²) >= 11 is 0. The molecule has 3 aliphatic rings. The van der Waals surface area contributed by atoms with E-state index in [4.69, 9.17) is 8.83 Å². The van der Waals surface area contributed by atoms with E-state index in [0.717, 1.165) is 60.9 Å². The van der Waals surface area contributed by atoms with Crippen molar-refractivity contribution in [1.29, 1.82) is 0 Å². The Balaban J connectivity index is 1.08. The zero-order valence-corrected chi connectivity index (χ0v) is 37.0. The van der Waals surface area contributed by atoms with Gasteiger partial charge in [0.05, 0.1) is 11.1 Å². The average molecular weight is 856 g/mol. The maximum absolute atomic E-state index is 6.92. The van der Waals surface area contributed by atoms with Crippen molar-refractivity contribution in [2.45, 2.75) is 24.7 Å². The van der Waals surface area contributed by atoms with Gasteiger partial charge in [-0.1, -0.05) is 178 Å². The highest BCUT2D eigenvalue weighted by molar-refractivity contribution is 6.16. The van der Waals surface area contributed by atoms with E-state index < -0.39 is 5.41 Å². The first-order valence-electron chi connectivity index (χ1n) is 23.3.